The number of anilines is 2. The van der Waals surface area contributed by atoms with Crippen molar-refractivity contribution in [2.75, 3.05) is 23.4 Å². The van der Waals surface area contributed by atoms with E-state index in [0.29, 0.717) is 19.0 Å². The molecule has 1 aromatic rings. The molecular formula is C11H19N7O2. The van der Waals surface area contributed by atoms with Crippen molar-refractivity contribution < 1.29 is 9.53 Å². The number of nitrogens with two attached hydrogens (primary N) is 1. The van der Waals surface area contributed by atoms with Crippen LogP contribution in [-0.2, 0) is 4.79 Å². The Morgan fingerprint density at radius 3 is 2.85 bits per heavy atom. The van der Waals surface area contributed by atoms with Gasteiger partial charge in [-0.25, -0.2) is 5.84 Å². The van der Waals surface area contributed by atoms with E-state index in [2.05, 4.69) is 25.7 Å². The topological polar surface area (TPSA) is 118 Å². The third-order valence-corrected chi connectivity index (χ3v) is 2.83. The number of aromatic nitrogens is 3. The third-order valence-electron chi connectivity index (χ3n) is 2.83. The fraction of sp³-hybridized carbons (Fsp3) is 0.636. The van der Waals surface area contributed by atoms with Crippen LogP contribution in [-0.4, -0.2) is 46.1 Å². The van der Waals surface area contributed by atoms with Gasteiger partial charge in [0.2, 0.25) is 17.8 Å². The highest BCUT2D eigenvalue weighted by molar-refractivity contribution is 5.85. The Labute approximate surface area is 116 Å². The van der Waals surface area contributed by atoms with Crippen LogP contribution in [0.4, 0.5) is 11.9 Å². The number of hydrogen-bond donors (Lipinski definition) is 3. The van der Waals surface area contributed by atoms with Gasteiger partial charge in [-0.3, -0.25) is 10.2 Å². The van der Waals surface area contributed by atoms with Gasteiger partial charge in [-0.15, -0.1) is 0 Å². The lowest BCUT2D eigenvalue weighted by Gasteiger charge is -2.32. The zero-order chi connectivity index (χ0) is 14.7. The van der Waals surface area contributed by atoms with Crippen molar-refractivity contribution in [1.82, 2.24) is 20.3 Å². The minimum absolute atomic E-state index is 0.0646. The maximum atomic E-state index is 11.7. The second-order valence-electron chi connectivity index (χ2n) is 4.71. The van der Waals surface area contributed by atoms with Crippen molar-refractivity contribution >= 4 is 17.8 Å². The molecule has 1 fully saturated rings. The highest BCUT2D eigenvalue weighted by atomic mass is 16.5. The molecule has 110 valence electrons. The van der Waals surface area contributed by atoms with Crippen molar-refractivity contribution in [2.24, 2.45) is 5.84 Å². The highest BCUT2D eigenvalue weighted by Gasteiger charge is 2.28. The molecule has 9 nitrogen and oxygen atoms in total. The monoisotopic (exact) mass is 281 g/mol. The summed E-state index contributed by atoms with van der Waals surface area (Å²) in [7, 11) is 0. The van der Waals surface area contributed by atoms with Gasteiger partial charge >= 0.3 is 6.01 Å². The van der Waals surface area contributed by atoms with Crippen LogP contribution in [0.25, 0.3) is 0 Å². The van der Waals surface area contributed by atoms with Gasteiger partial charge in [0, 0.05) is 13.1 Å². The maximum absolute atomic E-state index is 11.7. The van der Waals surface area contributed by atoms with Crippen molar-refractivity contribution in [3.8, 4) is 6.01 Å². The average Bonchev–Trinajstić information content (AvgIpc) is 2.40. The Hall–Kier alpha value is -2.16. The second-order valence-corrected chi connectivity index (χ2v) is 4.71. The van der Waals surface area contributed by atoms with Crippen molar-refractivity contribution in [2.45, 2.75) is 32.9 Å². The van der Waals surface area contributed by atoms with Crippen LogP contribution in [0.15, 0.2) is 0 Å². The summed E-state index contributed by atoms with van der Waals surface area (Å²) in [5, 5.41) is 2.78. The first-order valence-electron chi connectivity index (χ1n) is 6.45. The van der Waals surface area contributed by atoms with E-state index in [1.54, 1.807) is 11.8 Å². The Morgan fingerprint density at radius 2 is 2.20 bits per heavy atom. The molecule has 1 atom stereocenters. The van der Waals surface area contributed by atoms with Crippen LogP contribution in [0.2, 0.25) is 0 Å². The molecule has 1 aliphatic heterocycles. The smallest absolute Gasteiger partial charge is 0.323 e. The van der Waals surface area contributed by atoms with E-state index < -0.39 is 0 Å². The molecule has 1 amide bonds. The molecule has 1 aromatic heterocycles. The third kappa shape index (κ3) is 3.05. The van der Waals surface area contributed by atoms with Crippen LogP contribution in [0.5, 0.6) is 6.01 Å². The predicted octanol–water partition coefficient (Wildman–Crippen LogP) is -0.731. The number of rotatable bonds is 4. The van der Waals surface area contributed by atoms with Crippen LogP contribution >= 0.6 is 0 Å². The molecule has 0 saturated carbocycles. The standard InChI is InChI=1S/C11H19N7O2/c1-6(2)20-11-15-9(17-12)14-10(16-11)18-5-4-13-8(19)7(18)3/h6-7H,4-5,12H2,1-3H3,(H,13,19)(H,14,15,16,17). The number of piperazine rings is 1. The summed E-state index contributed by atoms with van der Waals surface area (Å²) in [5.41, 5.74) is 2.38. The number of hydrazine groups is 1. The van der Waals surface area contributed by atoms with Crippen LogP contribution in [0.1, 0.15) is 20.8 Å². The number of nitrogen functional groups attached to an aromatic ring is 1. The van der Waals surface area contributed by atoms with Crippen LogP contribution < -0.4 is 26.2 Å². The molecule has 2 rings (SSSR count). The highest BCUT2D eigenvalue weighted by Crippen LogP contribution is 2.18. The van der Waals surface area contributed by atoms with Gasteiger partial charge in [0.05, 0.1) is 6.10 Å². The molecule has 1 unspecified atom stereocenters. The summed E-state index contributed by atoms with van der Waals surface area (Å²) in [4.78, 5) is 25.9. The first kappa shape index (κ1) is 14.3. The summed E-state index contributed by atoms with van der Waals surface area (Å²) in [5.74, 6) is 5.85. The number of carbonyl (C=O) groups excluding carboxylic acids is 1. The molecule has 1 saturated heterocycles. The molecule has 9 heteroatoms. The molecule has 0 aliphatic carbocycles. The van der Waals surface area contributed by atoms with Crippen molar-refractivity contribution in [3.05, 3.63) is 0 Å². The number of nitrogens with zero attached hydrogens (tertiary/aromatic N) is 4. The van der Waals surface area contributed by atoms with Gasteiger partial charge < -0.3 is 15.0 Å². The van der Waals surface area contributed by atoms with E-state index in [9.17, 15) is 4.79 Å². The molecule has 0 spiro atoms. The Morgan fingerprint density at radius 1 is 1.45 bits per heavy atom. The van der Waals surface area contributed by atoms with Crippen molar-refractivity contribution in [1.29, 1.82) is 0 Å². The molecule has 4 N–H and O–H groups in total. The average molecular weight is 281 g/mol. The lowest BCUT2D eigenvalue weighted by atomic mass is 10.2. The molecular weight excluding hydrogens is 262 g/mol. The van der Waals surface area contributed by atoms with Gasteiger partial charge in [-0.2, -0.15) is 15.0 Å². The van der Waals surface area contributed by atoms with Gasteiger partial charge in [-0.1, -0.05) is 0 Å². The minimum atomic E-state index is -0.358. The van der Waals surface area contributed by atoms with Gasteiger partial charge in [0.1, 0.15) is 6.04 Å². The molecule has 0 radical (unpaired) electrons. The van der Waals surface area contributed by atoms with E-state index in [-0.39, 0.29) is 30.0 Å². The molecule has 0 bridgehead atoms. The molecule has 1 aliphatic rings. The molecule has 20 heavy (non-hydrogen) atoms. The van der Waals surface area contributed by atoms with E-state index in [4.69, 9.17) is 10.6 Å². The zero-order valence-corrected chi connectivity index (χ0v) is 11.8. The van der Waals surface area contributed by atoms with Crippen LogP contribution in [0, 0.1) is 0 Å². The lowest BCUT2D eigenvalue weighted by molar-refractivity contribution is -0.122. The number of nitrogens with one attached hydrogen (secondary N) is 2. The van der Waals surface area contributed by atoms with E-state index >= 15 is 0 Å². The Bertz CT molecular complexity index is 494. The van der Waals surface area contributed by atoms with Gasteiger partial charge in [-0.05, 0) is 20.8 Å². The lowest BCUT2D eigenvalue weighted by Crippen LogP contribution is -2.54. The predicted molar refractivity (Wildman–Crippen MR) is 73.2 cm³/mol. The normalized spacial score (nSPS) is 18.9. The second kappa shape index (κ2) is 5.87. The largest absolute Gasteiger partial charge is 0.461 e. The van der Waals surface area contributed by atoms with E-state index in [0.717, 1.165) is 0 Å². The number of hydrogen-bond acceptors (Lipinski definition) is 8. The van der Waals surface area contributed by atoms with Gasteiger partial charge in [0.15, 0.2) is 0 Å². The van der Waals surface area contributed by atoms with E-state index in [1.165, 1.54) is 0 Å². The van der Waals surface area contributed by atoms with Crippen molar-refractivity contribution in [3.63, 3.8) is 0 Å². The SMILES string of the molecule is CC(C)Oc1nc(NN)nc(N2CCNC(=O)C2C)n1. The first-order valence-corrected chi connectivity index (χ1v) is 6.45. The summed E-state index contributed by atoms with van der Waals surface area (Å²) < 4.78 is 5.47. The number of amides is 1. The Balaban J connectivity index is 2.32. The molecule has 0 aromatic carbocycles. The summed E-state index contributed by atoms with van der Waals surface area (Å²) >= 11 is 0. The van der Waals surface area contributed by atoms with E-state index in [1.807, 2.05) is 13.8 Å². The van der Waals surface area contributed by atoms with Gasteiger partial charge in [0.25, 0.3) is 0 Å². The zero-order valence-electron chi connectivity index (χ0n) is 11.8. The Kier molecular flexibility index (Phi) is 4.18. The summed E-state index contributed by atoms with van der Waals surface area (Å²) in [6.45, 7) is 6.69. The number of ether oxygens (including phenoxy) is 1. The number of carbonyl (C=O) groups is 1. The quantitative estimate of drug-likeness (QED) is 0.488. The fourth-order valence-corrected chi connectivity index (χ4v) is 1.86. The summed E-state index contributed by atoms with van der Waals surface area (Å²) in [6, 6.07) is -0.181. The summed E-state index contributed by atoms with van der Waals surface area (Å²) in [6.07, 6.45) is -0.0713. The molecule has 2 heterocycles. The first-order chi connectivity index (χ1) is 9.51. The minimum Gasteiger partial charge on any atom is -0.461 e. The maximum Gasteiger partial charge on any atom is 0.323 e. The fourth-order valence-electron chi connectivity index (χ4n) is 1.86. The van der Waals surface area contributed by atoms with Crippen LogP contribution in [0.3, 0.4) is 0 Å².